The van der Waals surface area contributed by atoms with Crippen molar-refractivity contribution in [3.63, 3.8) is 0 Å². The third-order valence-corrected chi connectivity index (χ3v) is 3.94. The Morgan fingerprint density at radius 3 is 2.42 bits per heavy atom. The number of carbonyl (C=O) groups excluding carboxylic acids is 1. The first-order valence-electron chi connectivity index (χ1n) is 8.01. The summed E-state index contributed by atoms with van der Waals surface area (Å²) in [5, 5.41) is 5.60. The van der Waals surface area contributed by atoms with Crippen LogP contribution in [0.15, 0.2) is 60.9 Å². The number of aromatic nitrogens is 2. The summed E-state index contributed by atoms with van der Waals surface area (Å²) < 4.78 is 20.0. The van der Waals surface area contributed by atoms with Gasteiger partial charge in [0, 0.05) is 25.1 Å². The molecular formula is C19H19FN4O2. The lowest BCUT2D eigenvalue weighted by Gasteiger charge is -2.20. The average Bonchev–Trinajstić information content (AvgIpc) is 3.07. The number of imidazole rings is 1. The number of aryl methyl sites for hydroxylation is 1. The van der Waals surface area contributed by atoms with E-state index >= 15 is 0 Å². The van der Waals surface area contributed by atoms with Crippen LogP contribution in [0.4, 0.5) is 14.9 Å². The highest BCUT2D eigenvalue weighted by Crippen LogP contribution is 2.23. The first kappa shape index (κ1) is 17.5. The lowest BCUT2D eigenvalue weighted by atomic mass is 10.1. The topological polar surface area (TPSA) is 68.2 Å². The van der Waals surface area contributed by atoms with Crippen LogP contribution in [-0.2, 0) is 7.05 Å². The van der Waals surface area contributed by atoms with Crippen molar-refractivity contribution in [3.8, 4) is 5.75 Å². The molecule has 2 amide bonds. The molecule has 134 valence electrons. The number of benzene rings is 2. The maximum Gasteiger partial charge on any atom is 0.320 e. The Labute approximate surface area is 150 Å². The zero-order valence-electron chi connectivity index (χ0n) is 14.4. The van der Waals surface area contributed by atoms with Crippen LogP contribution in [0.25, 0.3) is 0 Å². The Bertz CT molecular complexity index is 875. The van der Waals surface area contributed by atoms with E-state index in [9.17, 15) is 9.18 Å². The van der Waals surface area contributed by atoms with Crippen LogP contribution < -0.4 is 15.4 Å². The molecule has 0 aliphatic rings. The van der Waals surface area contributed by atoms with Crippen LogP contribution >= 0.6 is 0 Å². The number of hydrogen-bond donors (Lipinski definition) is 2. The molecule has 0 saturated heterocycles. The third-order valence-electron chi connectivity index (χ3n) is 3.94. The van der Waals surface area contributed by atoms with Gasteiger partial charge in [-0.2, -0.15) is 0 Å². The van der Waals surface area contributed by atoms with Crippen molar-refractivity contribution in [2.24, 2.45) is 7.05 Å². The van der Waals surface area contributed by atoms with Crippen LogP contribution in [0.1, 0.15) is 17.4 Å². The van der Waals surface area contributed by atoms with Crippen molar-refractivity contribution in [2.75, 3.05) is 12.4 Å². The SMILES string of the molecule is COc1ccc([C@@H](NC(=O)Nc2ccc(F)cc2)c2nccn2C)cc1. The molecule has 6 nitrogen and oxygen atoms in total. The van der Waals surface area contributed by atoms with E-state index in [1.807, 2.05) is 42.1 Å². The third kappa shape index (κ3) is 4.00. The molecule has 0 unspecified atom stereocenters. The molecule has 0 saturated carbocycles. The number of nitrogens with zero attached hydrogens (tertiary/aromatic N) is 2. The lowest BCUT2D eigenvalue weighted by Crippen LogP contribution is -2.34. The first-order valence-corrected chi connectivity index (χ1v) is 8.01. The number of nitrogens with one attached hydrogen (secondary N) is 2. The maximum absolute atomic E-state index is 13.0. The molecule has 0 aliphatic carbocycles. The zero-order valence-corrected chi connectivity index (χ0v) is 14.4. The van der Waals surface area contributed by atoms with Gasteiger partial charge in [-0.1, -0.05) is 12.1 Å². The van der Waals surface area contributed by atoms with E-state index in [1.165, 1.54) is 24.3 Å². The molecule has 0 aliphatic heterocycles. The summed E-state index contributed by atoms with van der Waals surface area (Å²) in [4.78, 5) is 16.8. The fraction of sp³-hybridized carbons (Fsp3) is 0.158. The second-order valence-corrected chi connectivity index (χ2v) is 5.71. The minimum Gasteiger partial charge on any atom is -0.497 e. The molecule has 0 fully saturated rings. The number of hydrogen-bond acceptors (Lipinski definition) is 3. The molecule has 1 atom stereocenters. The smallest absolute Gasteiger partial charge is 0.320 e. The van der Waals surface area contributed by atoms with Gasteiger partial charge in [-0.25, -0.2) is 14.2 Å². The Morgan fingerprint density at radius 2 is 1.85 bits per heavy atom. The quantitative estimate of drug-likeness (QED) is 0.737. The number of ether oxygens (including phenoxy) is 1. The minimum absolute atomic E-state index is 0.361. The molecule has 2 aromatic carbocycles. The normalized spacial score (nSPS) is 11.7. The van der Waals surface area contributed by atoms with E-state index in [4.69, 9.17) is 4.74 Å². The van der Waals surface area contributed by atoms with Crippen LogP contribution in [0.2, 0.25) is 0 Å². The highest BCUT2D eigenvalue weighted by atomic mass is 19.1. The molecule has 2 N–H and O–H groups in total. The largest absolute Gasteiger partial charge is 0.497 e. The Hall–Kier alpha value is -3.35. The molecule has 26 heavy (non-hydrogen) atoms. The van der Waals surface area contributed by atoms with Gasteiger partial charge in [0.2, 0.25) is 0 Å². The Morgan fingerprint density at radius 1 is 1.15 bits per heavy atom. The summed E-state index contributed by atoms with van der Waals surface area (Å²) in [6.07, 6.45) is 3.48. The van der Waals surface area contributed by atoms with Gasteiger partial charge in [0.1, 0.15) is 23.4 Å². The monoisotopic (exact) mass is 354 g/mol. The molecule has 1 aromatic heterocycles. The summed E-state index contributed by atoms with van der Waals surface area (Å²) >= 11 is 0. The van der Waals surface area contributed by atoms with Gasteiger partial charge in [-0.05, 0) is 42.0 Å². The van der Waals surface area contributed by atoms with Crippen molar-refractivity contribution < 1.29 is 13.9 Å². The van der Waals surface area contributed by atoms with E-state index in [2.05, 4.69) is 15.6 Å². The van der Waals surface area contributed by atoms with Crippen molar-refractivity contribution in [1.29, 1.82) is 0 Å². The van der Waals surface area contributed by atoms with Crippen molar-refractivity contribution in [3.05, 3.63) is 78.1 Å². The zero-order chi connectivity index (χ0) is 18.5. The van der Waals surface area contributed by atoms with Gasteiger partial charge in [0.15, 0.2) is 0 Å². The van der Waals surface area contributed by atoms with Crippen molar-refractivity contribution in [1.82, 2.24) is 14.9 Å². The van der Waals surface area contributed by atoms with E-state index in [1.54, 1.807) is 13.3 Å². The lowest BCUT2D eigenvalue weighted by molar-refractivity contribution is 0.249. The van der Waals surface area contributed by atoms with Gasteiger partial charge in [0.25, 0.3) is 0 Å². The van der Waals surface area contributed by atoms with Crippen molar-refractivity contribution >= 4 is 11.7 Å². The summed E-state index contributed by atoms with van der Waals surface area (Å²) in [6, 6.07) is 12.1. The molecule has 3 aromatic rings. The first-order chi connectivity index (χ1) is 12.6. The van der Waals surface area contributed by atoms with Gasteiger partial charge < -0.3 is 19.9 Å². The highest BCUT2D eigenvalue weighted by molar-refractivity contribution is 5.89. The summed E-state index contributed by atoms with van der Waals surface area (Å²) in [6.45, 7) is 0. The van der Waals surface area contributed by atoms with Crippen LogP contribution in [-0.4, -0.2) is 22.7 Å². The Kier molecular flexibility index (Phi) is 5.17. The molecule has 0 bridgehead atoms. The Balaban J connectivity index is 1.82. The fourth-order valence-electron chi connectivity index (χ4n) is 2.58. The van der Waals surface area contributed by atoms with Gasteiger partial charge in [0.05, 0.1) is 7.11 Å². The molecule has 1 heterocycles. The molecule has 3 rings (SSSR count). The highest BCUT2D eigenvalue weighted by Gasteiger charge is 2.21. The van der Waals surface area contributed by atoms with E-state index < -0.39 is 12.1 Å². The number of anilines is 1. The average molecular weight is 354 g/mol. The van der Waals surface area contributed by atoms with E-state index in [0.717, 1.165) is 11.3 Å². The summed E-state index contributed by atoms with van der Waals surface area (Å²) in [5.41, 5.74) is 1.35. The van der Waals surface area contributed by atoms with Crippen LogP contribution in [0.5, 0.6) is 5.75 Å². The second kappa shape index (κ2) is 7.69. The van der Waals surface area contributed by atoms with Crippen LogP contribution in [0, 0.1) is 5.82 Å². The number of methoxy groups -OCH3 is 1. The molecule has 7 heteroatoms. The predicted octanol–water partition coefficient (Wildman–Crippen LogP) is 3.48. The van der Waals surface area contributed by atoms with E-state index in [0.29, 0.717) is 11.5 Å². The number of halogens is 1. The number of carbonyl (C=O) groups is 1. The summed E-state index contributed by atoms with van der Waals surface area (Å²) in [5.74, 6) is 1.05. The maximum atomic E-state index is 13.0. The minimum atomic E-state index is -0.457. The number of amides is 2. The number of urea groups is 1. The standard InChI is InChI=1S/C19H19FN4O2/c1-24-12-11-21-18(24)17(13-3-9-16(26-2)10-4-13)23-19(25)22-15-7-5-14(20)6-8-15/h3-12,17H,1-2H3,(H2,22,23,25)/t17-/m1/s1. The van der Waals surface area contributed by atoms with Gasteiger partial charge in [-0.3, -0.25) is 0 Å². The van der Waals surface area contributed by atoms with Gasteiger partial charge >= 0.3 is 6.03 Å². The van der Waals surface area contributed by atoms with Crippen LogP contribution in [0.3, 0.4) is 0 Å². The fourth-order valence-corrected chi connectivity index (χ4v) is 2.58. The molecule has 0 spiro atoms. The van der Waals surface area contributed by atoms with E-state index in [-0.39, 0.29) is 5.82 Å². The number of rotatable bonds is 5. The predicted molar refractivity (Wildman–Crippen MR) is 96.6 cm³/mol. The second-order valence-electron chi connectivity index (χ2n) is 5.71. The van der Waals surface area contributed by atoms with Gasteiger partial charge in [-0.15, -0.1) is 0 Å². The molecular weight excluding hydrogens is 335 g/mol. The summed E-state index contributed by atoms with van der Waals surface area (Å²) in [7, 11) is 3.46. The molecule has 0 radical (unpaired) electrons. The van der Waals surface area contributed by atoms with Crippen molar-refractivity contribution in [2.45, 2.75) is 6.04 Å².